The number of fused-ring (bicyclic) bond motifs is 5. The van der Waals surface area contributed by atoms with Crippen LogP contribution in [-0.4, -0.2) is 9.52 Å². The van der Waals surface area contributed by atoms with Crippen LogP contribution in [0, 0.1) is 33.8 Å². The van der Waals surface area contributed by atoms with Gasteiger partial charge in [-0.05, 0) is 62.5 Å². The molecule has 8 aromatic carbocycles. The number of aryl methyl sites for hydroxylation is 6. The molecule has 9 rings (SSSR count). The molecule has 4 heteroatoms. The maximum Gasteiger partial charge on any atom is 0.0920 e. The van der Waals surface area contributed by atoms with E-state index in [1.807, 2.05) is 6.07 Å². The van der Waals surface area contributed by atoms with Gasteiger partial charge in [0.1, 0.15) is 0 Å². The molecule has 0 N–H and O–H groups in total. The van der Waals surface area contributed by atoms with Gasteiger partial charge in [0.25, 0.3) is 0 Å². The number of halogens is 2. The molecular weight excluding hydrogens is 911 g/mol. The topological polar surface area (TPSA) is 0 Å². The zero-order valence-corrected chi connectivity index (χ0v) is 45.2. The van der Waals surface area contributed by atoms with E-state index >= 15 is 0 Å². The molecule has 0 bridgehead atoms. The monoisotopic (exact) mass is 973 g/mol. The Morgan fingerprint density at radius 3 is 1.39 bits per heavy atom. The number of hydrogen-bond acceptors (Lipinski definition) is 0. The summed E-state index contributed by atoms with van der Waals surface area (Å²) in [6, 6.07) is 50.9. The second-order valence-corrected chi connectivity index (χ2v) is 24.7. The van der Waals surface area contributed by atoms with Crippen LogP contribution in [0.1, 0.15) is 113 Å². The zero-order valence-electron chi connectivity index (χ0n) is 40.2. The maximum absolute atomic E-state index is 4.93. The minimum Gasteiger partial charge on any atom is -0.184 e. The average Bonchev–Trinajstić information content (AvgIpc) is 3.94. The summed E-state index contributed by atoms with van der Waals surface area (Å²) >= 11 is -0.826. The summed E-state index contributed by atoms with van der Waals surface area (Å²) in [7, 11) is 10.7. The summed E-state index contributed by atoms with van der Waals surface area (Å²) in [5, 5.41) is 8.40. The number of benzene rings is 6. The van der Waals surface area contributed by atoms with Crippen molar-refractivity contribution in [3.05, 3.63) is 178 Å². The van der Waals surface area contributed by atoms with Gasteiger partial charge in [-0.15, -0.1) is 74.6 Å². The molecule has 8 aromatic rings. The first-order valence-corrected chi connectivity index (χ1v) is 30.2. The molecule has 0 aromatic heterocycles. The van der Waals surface area contributed by atoms with Crippen LogP contribution in [0.15, 0.2) is 127 Å². The van der Waals surface area contributed by atoms with Gasteiger partial charge >= 0.3 is 37.9 Å². The van der Waals surface area contributed by atoms with Gasteiger partial charge in [0, 0.05) is 0 Å². The molecule has 1 heterocycles. The largest absolute Gasteiger partial charge is 0.184 e. The van der Waals surface area contributed by atoms with Crippen molar-refractivity contribution in [1.82, 2.24) is 0 Å². The molecule has 0 aliphatic carbocycles. The Morgan fingerprint density at radius 2 is 0.969 bits per heavy atom. The van der Waals surface area contributed by atoms with Crippen molar-refractivity contribution in [3.63, 3.8) is 0 Å². The fourth-order valence-electron chi connectivity index (χ4n) is 9.39. The first-order valence-electron chi connectivity index (χ1n) is 22.9. The Bertz CT molecular complexity index is 2610. The summed E-state index contributed by atoms with van der Waals surface area (Å²) < 4.78 is 0. The zero-order chi connectivity index (χ0) is 46.3. The third kappa shape index (κ3) is 12.0. The molecule has 0 saturated carbocycles. The van der Waals surface area contributed by atoms with E-state index < -0.39 is 20.8 Å². The fraction of sp³-hybridized carbons (Fsp3) is 0.300. The van der Waals surface area contributed by atoms with Crippen LogP contribution >= 0.6 is 17.0 Å². The predicted molar refractivity (Wildman–Crippen MR) is 282 cm³/mol. The Balaban J connectivity index is 0.000000160. The van der Waals surface area contributed by atoms with E-state index in [4.69, 9.17) is 17.0 Å². The SMILES string of the molecule is CCCc1cc2c(-c3cc(C)cc(C)c3)c(C(C)(C)C)ccc2[cH-]1.CCCc1cc2c(-c3cc(C)cc(C)c3)c(C(C)(C)C)ccc2[cH-]1.[Cl][Zr][Cl].[c-]1cccc2c1[Si]c1ccccc1-2. The Kier molecular flexibility index (Phi) is 16.8. The van der Waals surface area contributed by atoms with Crippen LogP contribution in [0.2, 0.25) is 0 Å². The van der Waals surface area contributed by atoms with Crippen molar-refractivity contribution in [2.75, 3.05) is 0 Å². The Morgan fingerprint density at radius 1 is 0.547 bits per heavy atom. The van der Waals surface area contributed by atoms with E-state index in [-0.39, 0.29) is 10.8 Å². The summed E-state index contributed by atoms with van der Waals surface area (Å²) in [5.74, 6) is 0. The minimum absolute atomic E-state index is 0.128. The third-order valence-electron chi connectivity index (χ3n) is 11.9. The van der Waals surface area contributed by atoms with E-state index in [0.29, 0.717) is 0 Å². The van der Waals surface area contributed by atoms with Crippen LogP contribution in [0.5, 0.6) is 0 Å². The molecule has 64 heavy (non-hydrogen) atoms. The summed E-state index contributed by atoms with van der Waals surface area (Å²) in [5.41, 5.74) is 19.7. The molecule has 0 fully saturated rings. The number of rotatable bonds is 6. The van der Waals surface area contributed by atoms with Gasteiger partial charge in [-0.1, -0.05) is 184 Å². The van der Waals surface area contributed by atoms with Crippen molar-refractivity contribution >= 4 is 58.5 Å². The third-order valence-corrected chi connectivity index (χ3v) is 13.3. The fourth-order valence-corrected chi connectivity index (χ4v) is 10.7. The van der Waals surface area contributed by atoms with Crippen LogP contribution < -0.4 is 10.4 Å². The molecule has 1 aliphatic rings. The molecule has 1 aliphatic heterocycles. The Labute approximate surface area is 407 Å². The first kappa shape index (κ1) is 49.6. The van der Waals surface area contributed by atoms with Gasteiger partial charge in [0.05, 0.1) is 9.52 Å². The van der Waals surface area contributed by atoms with E-state index in [1.165, 1.54) is 123 Å². The van der Waals surface area contributed by atoms with Crippen LogP contribution in [0.4, 0.5) is 0 Å². The number of hydrogen-bond donors (Lipinski definition) is 0. The van der Waals surface area contributed by atoms with Crippen molar-refractivity contribution < 1.29 is 20.8 Å². The summed E-state index contributed by atoms with van der Waals surface area (Å²) in [6.07, 6.45) is 4.71. The molecular formula is C60H65Cl2SiZr-3. The van der Waals surface area contributed by atoms with Gasteiger partial charge < -0.3 is 0 Å². The van der Waals surface area contributed by atoms with E-state index in [9.17, 15) is 0 Å². The van der Waals surface area contributed by atoms with Gasteiger partial charge in [0.2, 0.25) is 0 Å². The second kappa shape index (κ2) is 21.7. The smallest absolute Gasteiger partial charge is 0.0920 e. The van der Waals surface area contributed by atoms with Gasteiger partial charge in [-0.2, -0.15) is 41.6 Å². The van der Waals surface area contributed by atoms with E-state index in [0.717, 1.165) is 22.4 Å². The average molecular weight is 976 g/mol. The quantitative estimate of drug-likeness (QED) is 0.115. The molecule has 0 spiro atoms. The molecule has 0 amide bonds. The molecule has 330 valence electrons. The van der Waals surface area contributed by atoms with Crippen molar-refractivity contribution in [3.8, 4) is 33.4 Å². The van der Waals surface area contributed by atoms with Crippen molar-refractivity contribution in [2.45, 2.75) is 120 Å². The minimum atomic E-state index is -0.826. The maximum atomic E-state index is 4.93. The predicted octanol–water partition coefficient (Wildman–Crippen LogP) is 16.7. The van der Waals surface area contributed by atoms with Crippen molar-refractivity contribution in [2.24, 2.45) is 0 Å². The summed E-state index contributed by atoms with van der Waals surface area (Å²) in [6.45, 7) is 27.2. The van der Waals surface area contributed by atoms with Crippen LogP contribution in [0.3, 0.4) is 0 Å². The Hall–Kier alpha value is -3.78. The standard InChI is InChI=1S/2C24H29.C12H7Si.2ClH.Zr/c2*1-7-8-18-14-19-9-10-22(24(4,5)6)23(21(19)15-18)20-12-16(2)11-17(3)13-20;1-3-7-11-9(5-1)10-6-2-4-8-12(10)13-11;;;/h2*9-15H,7-8H2,1-6H3;1-7H;2*1H;/q3*-1;;;+2/p-2. The van der Waals surface area contributed by atoms with E-state index in [1.54, 1.807) is 0 Å². The second-order valence-electron chi connectivity index (χ2n) is 19.7. The van der Waals surface area contributed by atoms with Crippen LogP contribution in [-0.2, 0) is 44.5 Å². The van der Waals surface area contributed by atoms with Gasteiger partial charge in [0.15, 0.2) is 0 Å². The van der Waals surface area contributed by atoms with Gasteiger partial charge in [-0.3, -0.25) is 0 Å². The summed E-state index contributed by atoms with van der Waals surface area (Å²) in [4.78, 5) is 0. The van der Waals surface area contributed by atoms with Crippen molar-refractivity contribution in [1.29, 1.82) is 0 Å². The van der Waals surface area contributed by atoms with Gasteiger partial charge in [-0.25, -0.2) is 0 Å². The molecule has 0 unspecified atom stereocenters. The molecule has 0 atom stereocenters. The first-order chi connectivity index (χ1) is 30.4. The van der Waals surface area contributed by atoms with E-state index in [2.05, 4.69) is 210 Å². The molecule has 0 nitrogen and oxygen atoms in total. The normalized spacial score (nSPS) is 11.8. The molecule has 2 radical (unpaired) electrons. The molecule has 0 saturated heterocycles. The van der Waals surface area contributed by atoms with Crippen LogP contribution in [0.25, 0.3) is 54.9 Å².